The zero-order valence-corrected chi connectivity index (χ0v) is 13.1. The number of anilines is 1. The van der Waals surface area contributed by atoms with Crippen LogP contribution in [-0.4, -0.2) is 23.3 Å². The Hall–Kier alpha value is -1.29. The van der Waals surface area contributed by atoms with E-state index in [0.717, 1.165) is 18.0 Å². The lowest BCUT2D eigenvalue weighted by molar-refractivity contribution is -0.117. The highest BCUT2D eigenvalue weighted by Gasteiger charge is 2.30. The van der Waals surface area contributed by atoms with Gasteiger partial charge in [-0.05, 0) is 29.5 Å². The highest BCUT2D eigenvalue weighted by atomic mass is 32.2. The Kier molecular flexibility index (Phi) is 4.86. The van der Waals surface area contributed by atoms with Crippen molar-refractivity contribution < 1.29 is 9.59 Å². The summed E-state index contributed by atoms with van der Waals surface area (Å²) in [7, 11) is 0. The second kappa shape index (κ2) is 6.44. The van der Waals surface area contributed by atoms with Gasteiger partial charge in [-0.1, -0.05) is 37.7 Å². The van der Waals surface area contributed by atoms with Crippen LogP contribution in [-0.2, 0) is 9.59 Å². The van der Waals surface area contributed by atoms with Crippen molar-refractivity contribution in [2.24, 2.45) is 5.92 Å². The Morgan fingerprint density at radius 3 is 2.55 bits per heavy atom. The van der Waals surface area contributed by atoms with Gasteiger partial charge in [0.1, 0.15) is 0 Å². The SMILES string of the molecule is CC(=O)SCC1CC(=O)N(c2ccc(C(C)C)cc2)C1. The summed E-state index contributed by atoms with van der Waals surface area (Å²) in [5.41, 5.74) is 2.25. The Bertz CT molecular complexity index is 496. The van der Waals surface area contributed by atoms with Crippen LogP contribution in [0, 0.1) is 5.92 Å². The molecule has 1 aromatic rings. The number of carbonyl (C=O) groups excluding carboxylic acids is 2. The molecule has 108 valence electrons. The molecular weight excluding hydrogens is 270 g/mol. The Balaban J connectivity index is 2.02. The van der Waals surface area contributed by atoms with E-state index in [0.29, 0.717) is 12.3 Å². The van der Waals surface area contributed by atoms with E-state index in [1.807, 2.05) is 17.0 Å². The van der Waals surface area contributed by atoms with E-state index in [1.165, 1.54) is 17.3 Å². The molecule has 0 aromatic heterocycles. The number of thioether (sulfide) groups is 1. The molecule has 1 saturated heterocycles. The monoisotopic (exact) mass is 291 g/mol. The van der Waals surface area contributed by atoms with E-state index in [9.17, 15) is 9.59 Å². The van der Waals surface area contributed by atoms with Gasteiger partial charge in [0.2, 0.25) is 5.91 Å². The van der Waals surface area contributed by atoms with Crippen molar-refractivity contribution in [1.82, 2.24) is 0 Å². The third-order valence-electron chi connectivity index (χ3n) is 3.60. The van der Waals surface area contributed by atoms with E-state index >= 15 is 0 Å². The first-order valence-corrected chi connectivity index (χ1v) is 7.99. The Morgan fingerprint density at radius 2 is 2.00 bits per heavy atom. The first kappa shape index (κ1) is 15.1. The fraction of sp³-hybridized carbons (Fsp3) is 0.500. The number of nitrogens with zero attached hydrogens (tertiary/aromatic N) is 1. The molecule has 4 heteroatoms. The summed E-state index contributed by atoms with van der Waals surface area (Å²) in [4.78, 5) is 24.9. The van der Waals surface area contributed by atoms with Crippen molar-refractivity contribution in [3.8, 4) is 0 Å². The van der Waals surface area contributed by atoms with Crippen molar-refractivity contribution in [2.45, 2.75) is 33.1 Å². The molecule has 1 aromatic carbocycles. The molecule has 1 aliphatic heterocycles. The van der Waals surface area contributed by atoms with Crippen LogP contribution in [0.5, 0.6) is 0 Å². The van der Waals surface area contributed by atoms with E-state index in [2.05, 4.69) is 26.0 Å². The normalized spacial score (nSPS) is 18.9. The van der Waals surface area contributed by atoms with Gasteiger partial charge in [-0.2, -0.15) is 0 Å². The molecule has 2 rings (SSSR count). The molecule has 0 aliphatic carbocycles. The van der Waals surface area contributed by atoms with Gasteiger partial charge in [0.05, 0.1) is 0 Å². The van der Waals surface area contributed by atoms with E-state index in [-0.39, 0.29) is 16.9 Å². The van der Waals surface area contributed by atoms with Crippen molar-refractivity contribution >= 4 is 28.5 Å². The van der Waals surface area contributed by atoms with E-state index in [1.54, 1.807) is 6.92 Å². The van der Waals surface area contributed by atoms with Crippen LogP contribution in [0.2, 0.25) is 0 Å². The summed E-state index contributed by atoms with van der Waals surface area (Å²) in [5, 5.41) is 0.122. The smallest absolute Gasteiger partial charge is 0.227 e. The molecule has 1 fully saturated rings. The lowest BCUT2D eigenvalue weighted by Crippen LogP contribution is -2.24. The maximum absolute atomic E-state index is 12.1. The van der Waals surface area contributed by atoms with E-state index in [4.69, 9.17) is 0 Å². The number of hydrogen-bond acceptors (Lipinski definition) is 3. The zero-order chi connectivity index (χ0) is 14.7. The average molecular weight is 291 g/mol. The molecule has 0 bridgehead atoms. The van der Waals surface area contributed by atoms with Crippen LogP contribution in [0.1, 0.15) is 38.7 Å². The average Bonchev–Trinajstić information content (AvgIpc) is 2.78. The summed E-state index contributed by atoms with van der Waals surface area (Å²) in [5.74, 6) is 1.68. The first-order chi connectivity index (χ1) is 9.47. The molecule has 1 amide bonds. The predicted molar refractivity (Wildman–Crippen MR) is 84.1 cm³/mol. The lowest BCUT2D eigenvalue weighted by Gasteiger charge is -2.17. The number of rotatable bonds is 4. The van der Waals surface area contributed by atoms with Crippen molar-refractivity contribution in [1.29, 1.82) is 0 Å². The quantitative estimate of drug-likeness (QED) is 0.852. The van der Waals surface area contributed by atoms with Crippen molar-refractivity contribution in [3.05, 3.63) is 29.8 Å². The summed E-state index contributed by atoms with van der Waals surface area (Å²) in [6, 6.07) is 8.22. The van der Waals surface area contributed by atoms with Crippen LogP contribution in [0.25, 0.3) is 0 Å². The third-order valence-corrected chi connectivity index (χ3v) is 4.64. The number of amides is 1. The standard InChI is InChI=1S/C16H21NO2S/c1-11(2)14-4-6-15(7-5-14)17-9-13(8-16(17)19)10-20-12(3)18/h4-7,11,13H,8-10H2,1-3H3. The first-order valence-electron chi connectivity index (χ1n) is 7.01. The predicted octanol–water partition coefficient (Wildman–Crippen LogP) is 3.44. The van der Waals surface area contributed by atoms with Gasteiger partial charge >= 0.3 is 0 Å². The Morgan fingerprint density at radius 1 is 1.35 bits per heavy atom. The van der Waals surface area contributed by atoms with E-state index < -0.39 is 0 Å². The van der Waals surface area contributed by atoms with Crippen LogP contribution in [0.3, 0.4) is 0 Å². The van der Waals surface area contributed by atoms with Crippen LogP contribution < -0.4 is 4.90 Å². The second-order valence-electron chi connectivity index (χ2n) is 5.62. The summed E-state index contributed by atoms with van der Waals surface area (Å²) in [6.07, 6.45) is 0.548. The van der Waals surface area contributed by atoms with Gasteiger partial charge in [-0.3, -0.25) is 9.59 Å². The van der Waals surface area contributed by atoms with Crippen LogP contribution in [0.4, 0.5) is 5.69 Å². The summed E-state index contributed by atoms with van der Waals surface area (Å²) >= 11 is 1.32. The molecule has 1 heterocycles. The Labute approximate surface area is 124 Å². The lowest BCUT2D eigenvalue weighted by atomic mass is 10.0. The molecule has 20 heavy (non-hydrogen) atoms. The molecular formula is C16H21NO2S. The number of benzene rings is 1. The third kappa shape index (κ3) is 3.63. The van der Waals surface area contributed by atoms with Crippen LogP contribution in [0.15, 0.2) is 24.3 Å². The number of carbonyl (C=O) groups is 2. The summed E-state index contributed by atoms with van der Waals surface area (Å²) < 4.78 is 0. The van der Waals surface area contributed by atoms with Gasteiger partial charge in [0.15, 0.2) is 5.12 Å². The number of hydrogen-bond donors (Lipinski definition) is 0. The van der Waals surface area contributed by atoms with Gasteiger partial charge in [0.25, 0.3) is 0 Å². The van der Waals surface area contributed by atoms with Gasteiger partial charge in [0, 0.05) is 31.3 Å². The fourth-order valence-corrected chi connectivity index (χ4v) is 3.11. The molecule has 0 spiro atoms. The highest BCUT2D eigenvalue weighted by Crippen LogP contribution is 2.28. The molecule has 0 saturated carbocycles. The molecule has 1 atom stereocenters. The highest BCUT2D eigenvalue weighted by molar-refractivity contribution is 8.13. The van der Waals surface area contributed by atoms with Gasteiger partial charge in [-0.15, -0.1) is 0 Å². The van der Waals surface area contributed by atoms with Crippen molar-refractivity contribution in [2.75, 3.05) is 17.2 Å². The summed E-state index contributed by atoms with van der Waals surface area (Å²) in [6.45, 7) is 6.61. The molecule has 0 N–H and O–H groups in total. The van der Waals surface area contributed by atoms with Gasteiger partial charge in [-0.25, -0.2) is 0 Å². The fourth-order valence-electron chi connectivity index (χ4n) is 2.42. The minimum absolute atomic E-state index is 0.122. The maximum Gasteiger partial charge on any atom is 0.227 e. The largest absolute Gasteiger partial charge is 0.312 e. The molecule has 0 radical (unpaired) electrons. The zero-order valence-electron chi connectivity index (χ0n) is 12.3. The molecule has 1 unspecified atom stereocenters. The second-order valence-corrected chi connectivity index (χ2v) is 6.82. The molecule has 3 nitrogen and oxygen atoms in total. The van der Waals surface area contributed by atoms with Gasteiger partial charge < -0.3 is 4.90 Å². The minimum atomic E-state index is 0.122. The minimum Gasteiger partial charge on any atom is -0.312 e. The topological polar surface area (TPSA) is 37.4 Å². The van der Waals surface area contributed by atoms with Crippen LogP contribution >= 0.6 is 11.8 Å². The van der Waals surface area contributed by atoms with Crippen molar-refractivity contribution in [3.63, 3.8) is 0 Å². The molecule has 1 aliphatic rings. The maximum atomic E-state index is 12.1.